The molecule has 2 aromatic carbocycles. The van der Waals surface area contributed by atoms with Crippen LogP contribution in [0.3, 0.4) is 0 Å². The maximum atomic E-state index is 13.3. The first-order valence-corrected chi connectivity index (χ1v) is 11.1. The van der Waals surface area contributed by atoms with Crippen molar-refractivity contribution in [2.75, 3.05) is 39.4 Å². The minimum absolute atomic E-state index is 0.172. The molecule has 1 saturated heterocycles. The van der Waals surface area contributed by atoms with Crippen molar-refractivity contribution in [2.24, 2.45) is 0 Å². The van der Waals surface area contributed by atoms with E-state index < -0.39 is 0 Å². The van der Waals surface area contributed by atoms with Crippen LogP contribution in [0.25, 0.3) is 10.6 Å². The number of carbonyl (C=O) groups excluding carboxylic acids is 1. The van der Waals surface area contributed by atoms with Gasteiger partial charge in [0.05, 0.1) is 13.2 Å². The van der Waals surface area contributed by atoms with Crippen molar-refractivity contribution in [3.05, 3.63) is 71.0 Å². The lowest BCUT2D eigenvalue weighted by molar-refractivity contribution is 0.0383. The summed E-state index contributed by atoms with van der Waals surface area (Å²) in [4.78, 5) is 19.2. The van der Waals surface area contributed by atoms with E-state index in [0.717, 1.165) is 49.0 Å². The molecule has 2 heterocycles. The Kier molecular flexibility index (Phi) is 7.24. The summed E-state index contributed by atoms with van der Waals surface area (Å²) in [5.41, 5.74) is 2.04. The fraction of sp³-hybridized carbons (Fsp3) is 0.304. The normalized spacial score (nSPS) is 14.4. The zero-order valence-corrected chi connectivity index (χ0v) is 17.9. The monoisotopic (exact) mass is 441 g/mol. The summed E-state index contributed by atoms with van der Waals surface area (Å²) in [6.07, 6.45) is 0. The third-order valence-electron chi connectivity index (χ3n) is 4.93. The number of thiazole rings is 1. The number of aromatic nitrogens is 1. The molecular formula is C23H24FN3O3S. The number of morpholine rings is 1. The summed E-state index contributed by atoms with van der Waals surface area (Å²) in [5.74, 6) is 0.205. The van der Waals surface area contributed by atoms with Crippen LogP contribution in [-0.2, 0) is 11.3 Å². The largest absolute Gasteiger partial charge is 0.489 e. The number of hydrogen-bond donors (Lipinski definition) is 1. The number of ether oxygens (including phenoxy) is 2. The predicted molar refractivity (Wildman–Crippen MR) is 118 cm³/mol. The Morgan fingerprint density at radius 2 is 2.03 bits per heavy atom. The molecule has 1 amide bonds. The summed E-state index contributed by atoms with van der Waals surface area (Å²) in [7, 11) is 0. The van der Waals surface area contributed by atoms with Crippen molar-refractivity contribution < 1.29 is 18.7 Å². The highest BCUT2D eigenvalue weighted by Crippen LogP contribution is 2.27. The van der Waals surface area contributed by atoms with Crippen LogP contribution in [0.5, 0.6) is 5.75 Å². The predicted octanol–water partition coefficient (Wildman–Crippen LogP) is 3.59. The molecule has 6 nitrogen and oxygen atoms in total. The van der Waals surface area contributed by atoms with E-state index in [1.54, 1.807) is 11.4 Å². The smallest absolute Gasteiger partial charge is 0.270 e. The summed E-state index contributed by atoms with van der Waals surface area (Å²) in [5, 5.41) is 5.44. The Morgan fingerprint density at radius 3 is 2.87 bits per heavy atom. The van der Waals surface area contributed by atoms with E-state index >= 15 is 0 Å². The Labute approximate surface area is 184 Å². The maximum Gasteiger partial charge on any atom is 0.270 e. The van der Waals surface area contributed by atoms with E-state index in [2.05, 4.69) is 15.2 Å². The number of hydrogen-bond acceptors (Lipinski definition) is 6. The summed E-state index contributed by atoms with van der Waals surface area (Å²) in [6, 6.07) is 13.9. The SMILES string of the molecule is O=C(NCCN1CCOCC1)c1csc(-c2cccc(OCc3cccc(F)c3)c2)n1. The van der Waals surface area contributed by atoms with Crippen molar-refractivity contribution in [3.63, 3.8) is 0 Å². The number of carbonyl (C=O) groups is 1. The molecule has 3 aromatic rings. The first kappa shape index (κ1) is 21.4. The molecule has 4 rings (SSSR count). The minimum atomic E-state index is -0.284. The molecule has 162 valence electrons. The highest BCUT2D eigenvalue weighted by molar-refractivity contribution is 7.13. The third kappa shape index (κ3) is 6.10. The van der Waals surface area contributed by atoms with Crippen molar-refractivity contribution in [3.8, 4) is 16.3 Å². The Balaban J connectivity index is 1.32. The zero-order valence-electron chi connectivity index (χ0n) is 17.1. The standard InChI is InChI=1S/C23H24FN3O3S/c24-19-5-1-3-17(13-19)15-30-20-6-2-4-18(14-20)23-26-21(16-31-23)22(28)25-7-8-27-9-11-29-12-10-27/h1-6,13-14,16H,7-12,15H2,(H,25,28). The molecule has 1 N–H and O–H groups in total. The molecule has 31 heavy (non-hydrogen) atoms. The molecule has 1 fully saturated rings. The van der Waals surface area contributed by atoms with E-state index in [0.29, 0.717) is 18.0 Å². The highest BCUT2D eigenvalue weighted by Gasteiger charge is 2.14. The van der Waals surface area contributed by atoms with Crippen molar-refractivity contribution >= 4 is 17.2 Å². The topological polar surface area (TPSA) is 63.7 Å². The molecule has 1 aromatic heterocycles. The van der Waals surface area contributed by atoms with E-state index in [1.807, 2.05) is 30.3 Å². The number of nitrogens with one attached hydrogen (secondary N) is 1. The lowest BCUT2D eigenvalue weighted by Crippen LogP contribution is -2.41. The molecule has 0 radical (unpaired) electrons. The first-order chi connectivity index (χ1) is 15.2. The van der Waals surface area contributed by atoms with Crippen LogP contribution in [0.15, 0.2) is 53.9 Å². The maximum absolute atomic E-state index is 13.3. The number of nitrogens with zero attached hydrogens (tertiary/aromatic N) is 2. The van der Waals surface area contributed by atoms with Crippen LogP contribution in [0.4, 0.5) is 4.39 Å². The van der Waals surface area contributed by atoms with Crippen LogP contribution >= 0.6 is 11.3 Å². The van der Waals surface area contributed by atoms with E-state index in [9.17, 15) is 9.18 Å². The van der Waals surface area contributed by atoms with Gasteiger partial charge in [0.25, 0.3) is 5.91 Å². The second-order valence-electron chi connectivity index (χ2n) is 7.19. The molecule has 0 spiro atoms. The van der Waals surface area contributed by atoms with E-state index in [1.165, 1.54) is 23.5 Å². The summed E-state index contributed by atoms with van der Waals surface area (Å²) >= 11 is 1.41. The lowest BCUT2D eigenvalue weighted by Gasteiger charge is -2.26. The van der Waals surface area contributed by atoms with Gasteiger partial charge in [0.1, 0.15) is 28.9 Å². The van der Waals surface area contributed by atoms with Crippen LogP contribution in [0.2, 0.25) is 0 Å². The van der Waals surface area contributed by atoms with Crippen molar-refractivity contribution in [2.45, 2.75) is 6.61 Å². The summed E-state index contributed by atoms with van der Waals surface area (Å²) < 4.78 is 24.4. The third-order valence-corrected chi connectivity index (χ3v) is 5.82. The lowest BCUT2D eigenvalue weighted by atomic mass is 10.2. The molecule has 0 aliphatic carbocycles. The zero-order chi connectivity index (χ0) is 21.5. The molecule has 0 unspecified atom stereocenters. The van der Waals surface area contributed by atoms with Gasteiger partial charge in [-0.2, -0.15) is 0 Å². The van der Waals surface area contributed by atoms with Crippen LogP contribution < -0.4 is 10.1 Å². The first-order valence-electron chi connectivity index (χ1n) is 10.2. The van der Waals surface area contributed by atoms with Gasteiger partial charge in [0.2, 0.25) is 0 Å². The van der Waals surface area contributed by atoms with Gasteiger partial charge >= 0.3 is 0 Å². The van der Waals surface area contributed by atoms with Crippen LogP contribution in [-0.4, -0.2) is 55.2 Å². The van der Waals surface area contributed by atoms with Gasteiger partial charge in [0, 0.05) is 37.1 Å². The Bertz CT molecular complexity index is 1020. The molecule has 1 aliphatic rings. The minimum Gasteiger partial charge on any atom is -0.489 e. The summed E-state index contributed by atoms with van der Waals surface area (Å²) in [6.45, 7) is 4.94. The molecule has 1 aliphatic heterocycles. The number of halogens is 1. The van der Waals surface area contributed by atoms with Gasteiger partial charge in [-0.1, -0.05) is 24.3 Å². The average Bonchev–Trinajstić information content (AvgIpc) is 3.29. The van der Waals surface area contributed by atoms with Crippen LogP contribution in [0.1, 0.15) is 16.1 Å². The Morgan fingerprint density at radius 1 is 1.19 bits per heavy atom. The van der Waals surface area contributed by atoms with Gasteiger partial charge in [-0.3, -0.25) is 9.69 Å². The molecule has 0 saturated carbocycles. The molecular weight excluding hydrogens is 417 g/mol. The van der Waals surface area contributed by atoms with Gasteiger partial charge in [-0.25, -0.2) is 9.37 Å². The quantitative estimate of drug-likeness (QED) is 0.579. The second kappa shape index (κ2) is 10.5. The molecule has 0 atom stereocenters. The van der Waals surface area contributed by atoms with E-state index in [-0.39, 0.29) is 18.3 Å². The van der Waals surface area contributed by atoms with Gasteiger partial charge in [-0.05, 0) is 29.8 Å². The fourth-order valence-corrected chi connectivity index (χ4v) is 4.06. The number of benzene rings is 2. The van der Waals surface area contributed by atoms with E-state index in [4.69, 9.17) is 9.47 Å². The molecule has 8 heteroatoms. The Hall–Kier alpha value is -2.81. The average molecular weight is 442 g/mol. The van der Waals surface area contributed by atoms with Crippen molar-refractivity contribution in [1.82, 2.24) is 15.2 Å². The van der Waals surface area contributed by atoms with Gasteiger partial charge in [0.15, 0.2) is 0 Å². The highest BCUT2D eigenvalue weighted by atomic mass is 32.1. The van der Waals surface area contributed by atoms with Gasteiger partial charge in [-0.15, -0.1) is 11.3 Å². The molecule has 0 bridgehead atoms. The second-order valence-corrected chi connectivity index (χ2v) is 8.05. The fourth-order valence-electron chi connectivity index (χ4n) is 3.27. The number of rotatable bonds is 8. The van der Waals surface area contributed by atoms with Crippen molar-refractivity contribution in [1.29, 1.82) is 0 Å². The van der Waals surface area contributed by atoms with Gasteiger partial charge < -0.3 is 14.8 Å². The van der Waals surface area contributed by atoms with Crippen LogP contribution in [0, 0.1) is 5.82 Å². The number of amides is 1.